The van der Waals surface area contributed by atoms with Gasteiger partial charge in [-0.1, -0.05) is 30.3 Å². The van der Waals surface area contributed by atoms with Crippen molar-refractivity contribution in [3.8, 4) is 11.4 Å². The highest BCUT2D eigenvalue weighted by Gasteiger charge is 2.28. The lowest BCUT2D eigenvalue weighted by molar-refractivity contribution is -0.134. The van der Waals surface area contributed by atoms with Crippen LogP contribution in [0, 0.1) is 11.6 Å². The van der Waals surface area contributed by atoms with Gasteiger partial charge in [0.25, 0.3) is 5.91 Å². The van der Waals surface area contributed by atoms with Gasteiger partial charge in [0.15, 0.2) is 5.82 Å². The lowest BCUT2D eigenvalue weighted by Crippen LogP contribution is -2.41. The summed E-state index contributed by atoms with van der Waals surface area (Å²) in [4.78, 5) is 35.3. The summed E-state index contributed by atoms with van der Waals surface area (Å²) in [6, 6.07) is 11.0. The van der Waals surface area contributed by atoms with E-state index in [1.54, 1.807) is 4.90 Å². The molecule has 7 nitrogen and oxygen atoms in total. The third-order valence-electron chi connectivity index (χ3n) is 6.00. The molecule has 9 heteroatoms. The second kappa shape index (κ2) is 9.26. The van der Waals surface area contributed by atoms with Gasteiger partial charge in [-0.15, -0.1) is 0 Å². The van der Waals surface area contributed by atoms with Gasteiger partial charge in [0.05, 0.1) is 48.7 Å². The van der Waals surface area contributed by atoms with E-state index in [0.717, 1.165) is 23.3 Å². The van der Waals surface area contributed by atoms with E-state index in [2.05, 4.69) is 15.3 Å². The normalized spacial score (nSPS) is 15.2. The van der Waals surface area contributed by atoms with Crippen LogP contribution in [-0.2, 0) is 28.9 Å². The fourth-order valence-electron chi connectivity index (χ4n) is 4.22. The van der Waals surface area contributed by atoms with E-state index in [4.69, 9.17) is 4.74 Å². The molecular weight excluding hydrogens is 442 g/mol. The number of amides is 2. The highest BCUT2D eigenvalue weighted by Crippen LogP contribution is 2.27. The molecule has 0 aliphatic carbocycles. The predicted molar refractivity (Wildman–Crippen MR) is 119 cm³/mol. The van der Waals surface area contributed by atoms with Crippen LogP contribution < -0.4 is 5.32 Å². The molecule has 1 fully saturated rings. The van der Waals surface area contributed by atoms with E-state index in [1.165, 1.54) is 6.07 Å². The summed E-state index contributed by atoms with van der Waals surface area (Å²) in [6.07, 6.45) is 0.571. The molecule has 3 aromatic rings. The number of fused-ring (bicyclic) bond motifs is 1. The van der Waals surface area contributed by atoms with Crippen LogP contribution in [0.15, 0.2) is 42.5 Å². The smallest absolute Gasteiger partial charge is 0.255 e. The number of hydrogen-bond acceptors (Lipinski definition) is 5. The minimum Gasteiger partial charge on any atom is -0.378 e. The molecule has 2 amide bonds. The molecular formula is C25H22F2N4O3. The Hall–Kier alpha value is -3.72. The zero-order valence-corrected chi connectivity index (χ0v) is 18.3. The average Bonchev–Trinajstić information content (AvgIpc) is 3.21. The number of benzene rings is 2. The summed E-state index contributed by atoms with van der Waals surface area (Å²) in [7, 11) is 0. The average molecular weight is 464 g/mol. The van der Waals surface area contributed by atoms with Crippen LogP contribution in [0.1, 0.15) is 32.9 Å². The van der Waals surface area contributed by atoms with E-state index >= 15 is 0 Å². The monoisotopic (exact) mass is 464 g/mol. The zero-order chi connectivity index (χ0) is 23.7. The fourth-order valence-corrected chi connectivity index (χ4v) is 4.22. The van der Waals surface area contributed by atoms with E-state index < -0.39 is 11.6 Å². The predicted octanol–water partition coefficient (Wildman–Crippen LogP) is 2.66. The van der Waals surface area contributed by atoms with Gasteiger partial charge in [0.2, 0.25) is 5.91 Å². The third kappa shape index (κ3) is 4.38. The minimum atomic E-state index is -0.766. The van der Waals surface area contributed by atoms with Crippen LogP contribution in [0.5, 0.6) is 0 Å². The Morgan fingerprint density at radius 3 is 2.35 bits per heavy atom. The number of nitrogens with zero attached hydrogens (tertiary/aromatic N) is 3. The van der Waals surface area contributed by atoms with Gasteiger partial charge < -0.3 is 15.0 Å². The van der Waals surface area contributed by atoms with E-state index in [0.29, 0.717) is 49.7 Å². The number of rotatable bonds is 5. The van der Waals surface area contributed by atoms with Crippen molar-refractivity contribution >= 4 is 11.8 Å². The number of nitrogens with one attached hydrogen (secondary N) is 1. The number of carbonyl (C=O) groups is 2. The molecule has 2 aromatic carbocycles. The molecule has 0 unspecified atom stereocenters. The summed E-state index contributed by atoms with van der Waals surface area (Å²) < 4.78 is 34.0. The van der Waals surface area contributed by atoms with Gasteiger partial charge in [-0.3, -0.25) is 9.59 Å². The first-order valence-electron chi connectivity index (χ1n) is 11.1. The highest BCUT2D eigenvalue weighted by molar-refractivity contribution is 5.99. The lowest BCUT2D eigenvalue weighted by Gasteiger charge is -2.26. The van der Waals surface area contributed by atoms with Crippen molar-refractivity contribution in [2.24, 2.45) is 0 Å². The summed E-state index contributed by atoms with van der Waals surface area (Å²) in [5, 5.41) is 2.70. The summed E-state index contributed by atoms with van der Waals surface area (Å²) in [5.74, 6) is -1.88. The van der Waals surface area contributed by atoms with E-state index in [1.807, 2.05) is 24.3 Å². The first-order valence-corrected chi connectivity index (χ1v) is 11.1. The van der Waals surface area contributed by atoms with Gasteiger partial charge in [-0.25, -0.2) is 18.7 Å². The van der Waals surface area contributed by atoms with Crippen LogP contribution in [0.2, 0.25) is 0 Å². The molecule has 0 bridgehead atoms. The number of morpholine rings is 1. The van der Waals surface area contributed by atoms with Crippen LogP contribution in [0.25, 0.3) is 11.4 Å². The Kier molecular flexibility index (Phi) is 6.02. The minimum absolute atomic E-state index is 0.0536. The third-order valence-corrected chi connectivity index (χ3v) is 6.00. The molecule has 1 N–H and O–H groups in total. The van der Waals surface area contributed by atoms with Gasteiger partial charge in [-0.2, -0.15) is 0 Å². The van der Waals surface area contributed by atoms with Crippen molar-refractivity contribution in [3.63, 3.8) is 0 Å². The van der Waals surface area contributed by atoms with Gasteiger partial charge in [0, 0.05) is 19.5 Å². The summed E-state index contributed by atoms with van der Waals surface area (Å²) in [6.45, 7) is 2.49. The molecule has 0 radical (unpaired) electrons. The fraction of sp³-hybridized carbons (Fsp3) is 0.280. The van der Waals surface area contributed by atoms with Crippen LogP contribution >= 0.6 is 0 Å². The Bertz CT molecular complexity index is 1240. The molecule has 0 atom stereocenters. The van der Waals surface area contributed by atoms with Gasteiger partial charge >= 0.3 is 0 Å². The number of hydrogen-bond donors (Lipinski definition) is 1. The van der Waals surface area contributed by atoms with Crippen molar-refractivity contribution in [2.75, 3.05) is 26.3 Å². The summed E-state index contributed by atoms with van der Waals surface area (Å²) >= 11 is 0. The maximum absolute atomic E-state index is 14.4. The van der Waals surface area contributed by atoms with E-state index in [9.17, 15) is 18.4 Å². The van der Waals surface area contributed by atoms with E-state index in [-0.39, 0.29) is 36.2 Å². The maximum atomic E-state index is 14.4. The van der Waals surface area contributed by atoms with Crippen LogP contribution in [-0.4, -0.2) is 53.0 Å². The van der Waals surface area contributed by atoms with Crippen molar-refractivity contribution < 1.29 is 23.1 Å². The molecule has 2 aliphatic heterocycles. The maximum Gasteiger partial charge on any atom is 0.255 e. The number of halogens is 2. The quantitative estimate of drug-likeness (QED) is 0.628. The molecule has 0 saturated carbocycles. The number of ether oxygens (including phenoxy) is 1. The van der Waals surface area contributed by atoms with Crippen molar-refractivity contribution in [1.82, 2.24) is 20.2 Å². The Morgan fingerprint density at radius 1 is 0.971 bits per heavy atom. The SMILES string of the molecule is O=C1NCc2nc(-c3c(F)cccc3F)nc(Cc3ccc(CC(=O)N4CCOCC4)cc3)c21. The molecule has 5 rings (SSSR count). The van der Waals surface area contributed by atoms with Crippen molar-refractivity contribution in [2.45, 2.75) is 19.4 Å². The molecule has 174 valence electrons. The first kappa shape index (κ1) is 22.1. The topological polar surface area (TPSA) is 84.4 Å². The Labute approximate surface area is 194 Å². The zero-order valence-electron chi connectivity index (χ0n) is 18.3. The van der Waals surface area contributed by atoms with Gasteiger partial charge in [-0.05, 0) is 23.3 Å². The standard InChI is InChI=1S/C25H22F2N4O3/c26-17-2-1-3-18(27)22(17)24-29-19(23-20(30-24)14-28-25(23)33)12-15-4-6-16(7-5-15)13-21(32)31-8-10-34-11-9-31/h1-7H,8-14H2,(H,28,33). The Morgan fingerprint density at radius 2 is 1.65 bits per heavy atom. The number of aromatic nitrogens is 2. The molecule has 2 aliphatic rings. The van der Waals surface area contributed by atoms with Crippen molar-refractivity contribution in [1.29, 1.82) is 0 Å². The second-order valence-corrected chi connectivity index (χ2v) is 8.26. The highest BCUT2D eigenvalue weighted by atomic mass is 19.1. The van der Waals surface area contributed by atoms with Crippen LogP contribution in [0.3, 0.4) is 0 Å². The largest absolute Gasteiger partial charge is 0.378 e. The second-order valence-electron chi connectivity index (χ2n) is 8.26. The lowest BCUT2D eigenvalue weighted by atomic mass is 10.0. The molecule has 1 aromatic heterocycles. The molecule has 0 spiro atoms. The Balaban J connectivity index is 1.40. The van der Waals surface area contributed by atoms with Gasteiger partial charge in [0.1, 0.15) is 11.6 Å². The molecule has 3 heterocycles. The van der Waals surface area contributed by atoms with Crippen molar-refractivity contribution in [3.05, 3.63) is 82.2 Å². The summed E-state index contributed by atoms with van der Waals surface area (Å²) in [5.41, 5.74) is 2.56. The van der Waals surface area contributed by atoms with Crippen LogP contribution in [0.4, 0.5) is 8.78 Å². The molecule has 34 heavy (non-hydrogen) atoms. The first-order chi connectivity index (χ1) is 16.5. The molecule has 1 saturated heterocycles. The number of carbonyl (C=O) groups excluding carboxylic acids is 2.